The summed E-state index contributed by atoms with van der Waals surface area (Å²) >= 11 is 1.75. The van der Waals surface area contributed by atoms with Crippen molar-refractivity contribution in [2.75, 3.05) is 18.5 Å². The molecule has 0 bridgehead atoms. The quantitative estimate of drug-likeness (QED) is 0.879. The molecule has 0 saturated heterocycles. The Kier molecular flexibility index (Phi) is 2.89. The summed E-state index contributed by atoms with van der Waals surface area (Å²) in [5.74, 6) is 1.64. The Balaban J connectivity index is 1.83. The topological polar surface area (TPSA) is 47.6 Å². The first kappa shape index (κ1) is 12.7. The van der Waals surface area contributed by atoms with E-state index in [9.17, 15) is 4.79 Å². The number of hydrogen-bond acceptors (Lipinski definition) is 4. The Morgan fingerprint density at radius 1 is 1.19 bits per heavy atom. The van der Waals surface area contributed by atoms with Crippen LogP contribution >= 0.6 is 11.3 Å². The van der Waals surface area contributed by atoms with Crippen LogP contribution in [0.1, 0.15) is 27.7 Å². The fraction of sp³-hybridized carbons (Fsp3) is 0.312. The molecule has 2 aromatic rings. The van der Waals surface area contributed by atoms with Crippen LogP contribution in [-0.4, -0.2) is 19.1 Å². The molecule has 5 heteroatoms. The second kappa shape index (κ2) is 4.77. The number of hydrogen-bond donors (Lipinski definition) is 1. The summed E-state index contributed by atoms with van der Waals surface area (Å²) in [6.45, 7) is 3.20. The van der Waals surface area contributed by atoms with Crippen molar-refractivity contribution in [2.24, 2.45) is 0 Å². The van der Waals surface area contributed by atoms with E-state index in [1.54, 1.807) is 11.3 Å². The Bertz CT molecular complexity index is 722. The van der Waals surface area contributed by atoms with Crippen LogP contribution in [0.4, 0.5) is 5.69 Å². The lowest BCUT2D eigenvalue weighted by atomic mass is 9.89. The second-order valence-corrected chi connectivity index (χ2v) is 6.66. The van der Waals surface area contributed by atoms with Crippen LogP contribution in [0.5, 0.6) is 11.5 Å². The highest BCUT2D eigenvalue weighted by Gasteiger charge is 2.30. The molecule has 108 valence electrons. The highest BCUT2D eigenvalue weighted by Crippen LogP contribution is 2.45. The largest absolute Gasteiger partial charge is 0.486 e. The molecule has 1 atom stereocenters. The van der Waals surface area contributed by atoms with E-state index in [2.05, 4.69) is 24.4 Å². The average molecular weight is 301 g/mol. The molecule has 2 aliphatic rings. The minimum atomic E-state index is 0.0511. The molecular weight excluding hydrogens is 286 g/mol. The van der Waals surface area contributed by atoms with Gasteiger partial charge in [0, 0.05) is 33.8 Å². The van der Waals surface area contributed by atoms with E-state index >= 15 is 0 Å². The molecule has 0 spiro atoms. The number of benzene rings is 1. The minimum absolute atomic E-state index is 0.0511. The first-order chi connectivity index (χ1) is 10.2. The van der Waals surface area contributed by atoms with Gasteiger partial charge in [0.05, 0.1) is 0 Å². The first-order valence-electron chi connectivity index (χ1n) is 7.00. The van der Waals surface area contributed by atoms with Gasteiger partial charge in [0.1, 0.15) is 13.2 Å². The molecule has 0 radical (unpaired) electrons. The van der Waals surface area contributed by atoms with Gasteiger partial charge in [-0.25, -0.2) is 0 Å². The van der Waals surface area contributed by atoms with E-state index < -0.39 is 0 Å². The molecule has 21 heavy (non-hydrogen) atoms. The van der Waals surface area contributed by atoms with Gasteiger partial charge in [0.2, 0.25) is 5.91 Å². The zero-order valence-corrected chi connectivity index (χ0v) is 12.5. The lowest BCUT2D eigenvalue weighted by Gasteiger charge is -2.28. The first-order valence-corrected chi connectivity index (χ1v) is 7.82. The van der Waals surface area contributed by atoms with Crippen LogP contribution in [0, 0.1) is 6.92 Å². The summed E-state index contributed by atoms with van der Waals surface area (Å²) in [4.78, 5) is 14.5. The molecule has 0 fully saturated rings. The second-order valence-electron chi connectivity index (χ2n) is 5.34. The Morgan fingerprint density at radius 3 is 2.67 bits per heavy atom. The lowest BCUT2D eigenvalue weighted by Crippen LogP contribution is -2.24. The highest BCUT2D eigenvalue weighted by atomic mass is 32.1. The number of carbonyl (C=O) groups excluding carboxylic acids is 1. The molecule has 2 aliphatic heterocycles. The minimum Gasteiger partial charge on any atom is -0.486 e. The smallest absolute Gasteiger partial charge is 0.225 e. The maximum atomic E-state index is 12.0. The zero-order chi connectivity index (χ0) is 14.4. The van der Waals surface area contributed by atoms with Gasteiger partial charge in [-0.15, -0.1) is 11.3 Å². The maximum Gasteiger partial charge on any atom is 0.225 e. The number of amides is 1. The molecule has 1 aromatic carbocycles. The number of rotatable bonds is 1. The molecule has 0 saturated carbocycles. The summed E-state index contributed by atoms with van der Waals surface area (Å²) in [5.41, 5.74) is 1.95. The molecule has 1 N–H and O–H groups in total. The third-order valence-corrected chi connectivity index (χ3v) is 4.97. The van der Waals surface area contributed by atoms with Gasteiger partial charge in [0.25, 0.3) is 0 Å². The molecular formula is C16H15NO3S. The van der Waals surface area contributed by atoms with Crippen molar-refractivity contribution >= 4 is 22.9 Å². The van der Waals surface area contributed by atoms with Gasteiger partial charge in [-0.1, -0.05) is 0 Å². The zero-order valence-electron chi connectivity index (χ0n) is 11.6. The van der Waals surface area contributed by atoms with Crippen molar-refractivity contribution in [3.05, 3.63) is 39.6 Å². The van der Waals surface area contributed by atoms with Gasteiger partial charge in [-0.05, 0) is 30.7 Å². The van der Waals surface area contributed by atoms with Crippen LogP contribution in [0.3, 0.4) is 0 Å². The molecule has 1 aromatic heterocycles. The van der Waals surface area contributed by atoms with Crippen molar-refractivity contribution < 1.29 is 14.3 Å². The SMILES string of the molecule is Cc1ccc([C@H]2CC(=O)Nc3cc4c(cc32)OCCO4)s1. The average Bonchev–Trinajstić information content (AvgIpc) is 2.91. The van der Waals surface area contributed by atoms with Crippen molar-refractivity contribution in [3.63, 3.8) is 0 Å². The van der Waals surface area contributed by atoms with Crippen molar-refractivity contribution in [1.82, 2.24) is 0 Å². The van der Waals surface area contributed by atoms with Gasteiger partial charge in [-0.3, -0.25) is 4.79 Å². The van der Waals surface area contributed by atoms with Crippen LogP contribution in [-0.2, 0) is 4.79 Å². The summed E-state index contributed by atoms with van der Waals surface area (Å²) < 4.78 is 11.3. The predicted octanol–water partition coefficient (Wildman–Crippen LogP) is 3.30. The predicted molar refractivity (Wildman–Crippen MR) is 81.6 cm³/mol. The van der Waals surface area contributed by atoms with Gasteiger partial charge >= 0.3 is 0 Å². The molecule has 4 rings (SSSR count). The van der Waals surface area contributed by atoms with E-state index in [1.807, 2.05) is 12.1 Å². The monoisotopic (exact) mass is 301 g/mol. The van der Waals surface area contributed by atoms with Crippen LogP contribution in [0.15, 0.2) is 24.3 Å². The number of anilines is 1. The molecule has 1 amide bonds. The van der Waals surface area contributed by atoms with Gasteiger partial charge in [-0.2, -0.15) is 0 Å². The number of nitrogens with one attached hydrogen (secondary N) is 1. The van der Waals surface area contributed by atoms with Crippen molar-refractivity contribution in [1.29, 1.82) is 0 Å². The van der Waals surface area contributed by atoms with Crippen LogP contribution in [0.2, 0.25) is 0 Å². The lowest BCUT2D eigenvalue weighted by molar-refractivity contribution is -0.116. The molecule has 4 nitrogen and oxygen atoms in total. The Labute approximate surface area is 126 Å². The van der Waals surface area contributed by atoms with E-state index in [-0.39, 0.29) is 11.8 Å². The Morgan fingerprint density at radius 2 is 1.95 bits per heavy atom. The molecule has 3 heterocycles. The van der Waals surface area contributed by atoms with E-state index in [4.69, 9.17) is 9.47 Å². The van der Waals surface area contributed by atoms with Gasteiger partial charge < -0.3 is 14.8 Å². The number of carbonyl (C=O) groups is 1. The van der Waals surface area contributed by atoms with E-state index in [1.165, 1.54) is 9.75 Å². The molecule has 0 unspecified atom stereocenters. The Hall–Kier alpha value is -2.01. The van der Waals surface area contributed by atoms with E-state index in [0.717, 1.165) is 17.0 Å². The third kappa shape index (κ3) is 2.17. The van der Waals surface area contributed by atoms with Crippen molar-refractivity contribution in [3.8, 4) is 11.5 Å². The highest BCUT2D eigenvalue weighted by molar-refractivity contribution is 7.12. The standard InChI is InChI=1S/C16H15NO3S/c1-9-2-3-15(21-9)11-7-16(18)17-12-8-14-13(6-10(11)12)19-4-5-20-14/h2-3,6,8,11H,4-5,7H2,1H3,(H,17,18)/t11-/m0/s1. The summed E-state index contributed by atoms with van der Waals surface area (Å²) in [7, 11) is 0. The number of aryl methyl sites for hydroxylation is 1. The third-order valence-electron chi connectivity index (χ3n) is 3.86. The van der Waals surface area contributed by atoms with E-state index in [0.29, 0.717) is 25.4 Å². The summed E-state index contributed by atoms with van der Waals surface area (Å²) in [6, 6.07) is 8.12. The maximum absolute atomic E-state index is 12.0. The number of ether oxygens (including phenoxy) is 2. The number of thiophene rings is 1. The van der Waals surface area contributed by atoms with Crippen LogP contribution in [0.25, 0.3) is 0 Å². The normalized spacial score (nSPS) is 19.9. The fourth-order valence-corrected chi connectivity index (χ4v) is 3.89. The fourth-order valence-electron chi connectivity index (χ4n) is 2.89. The summed E-state index contributed by atoms with van der Waals surface area (Å²) in [6.07, 6.45) is 0.479. The van der Waals surface area contributed by atoms with Crippen LogP contribution < -0.4 is 14.8 Å². The van der Waals surface area contributed by atoms with Crippen molar-refractivity contribution in [2.45, 2.75) is 19.3 Å². The number of fused-ring (bicyclic) bond motifs is 2. The molecule has 0 aliphatic carbocycles. The van der Waals surface area contributed by atoms with Gasteiger partial charge in [0.15, 0.2) is 11.5 Å². The summed E-state index contributed by atoms with van der Waals surface area (Å²) in [5, 5.41) is 2.95.